The number of hydrogen-bond acceptors (Lipinski definition) is 3. The number of rotatable bonds is 5. The molecule has 1 unspecified atom stereocenters. The standard InChI is InChI=1S/C23H22N2O2/c1-2-20(26)17-13-19-22(21(27)14-17)18(12-15-6-4-3-5-7-15)23(25-19)16-8-10-24-11-9-16/h3-11,17,25H,2,12-14H2,1H3. The van der Waals surface area contributed by atoms with Crippen LogP contribution in [-0.4, -0.2) is 21.5 Å². The molecule has 0 bridgehead atoms. The van der Waals surface area contributed by atoms with Gasteiger partial charge in [0.25, 0.3) is 0 Å². The van der Waals surface area contributed by atoms with Crippen LogP contribution < -0.4 is 0 Å². The summed E-state index contributed by atoms with van der Waals surface area (Å²) in [7, 11) is 0. The van der Waals surface area contributed by atoms with Gasteiger partial charge in [0, 0.05) is 54.4 Å². The maximum Gasteiger partial charge on any atom is 0.165 e. The number of carbonyl (C=O) groups excluding carboxylic acids is 2. The molecule has 4 heteroatoms. The molecule has 2 aromatic heterocycles. The Balaban J connectivity index is 1.82. The normalized spacial score (nSPS) is 16.2. The van der Waals surface area contributed by atoms with E-state index in [9.17, 15) is 9.59 Å². The van der Waals surface area contributed by atoms with E-state index in [1.165, 1.54) is 0 Å². The van der Waals surface area contributed by atoms with Crippen molar-refractivity contribution in [2.24, 2.45) is 5.92 Å². The molecule has 1 aliphatic rings. The number of carbonyl (C=O) groups is 2. The van der Waals surface area contributed by atoms with Gasteiger partial charge in [-0.1, -0.05) is 37.3 Å². The lowest BCUT2D eigenvalue weighted by atomic mass is 9.81. The number of aromatic amines is 1. The van der Waals surface area contributed by atoms with Gasteiger partial charge in [0.2, 0.25) is 0 Å². The minimum Gasteiger partial charge on any atom is -0.358 e. The van der Waals surface area contributed by atoms with E-state index in [1.807, 2.05) is 37.3 Å². The summed E-state index contributed by atoms with van der Waals surface area (Å²) in [6, 6.07) is 14.1. The van der Waals surface area contributed by atoms with Gasteiger partial charge in [-0.2, -0.15) is 0 Å². The highest BCUT2D eigenvalue weighted by molar-refractivity contribution is 6.04. The summed E-state index contributed by atoms with van der Waals surface area (Å²) >= 11 is 0. The molecule has 1 atom stereocenters. The first-order chi connectivity index (χ1) is 13.2. The van der Waals surface area contributed by atoms with Gasteiger partial charge in [0.05, 0.1) is 5.69 Å². The summed E-state index contributed by atoms with van der Waals surface area (Å²) in [4.78, 5) is 32.8. The molecule has 0 spiro atoms. The fraction of sp³-hybridized carbons (Fsp3) is 0.261. The fourth-order valence-electron chi connectivity index (χ4n) is 3.99. The highest BCUT2D eigenvalue weighted by Gasteiger charge is 2.33. The number of hydrogen-bond donors (Lipinski definition) is 1. The Bertz CT molecular complexity index is 974. The maximum absolute atomic E-state index is 13.0. The fourth-order valence-corrected chi connectivity index (χ4v) is 3.99. The summed E-state index contributed by atoms with van der Waals surface area (Å²) in [6.45, 7) is 1.86. The Hall–Kier alpha value is -3.01. The second kappa shape index (κ2) is 7.31. The van der Waals surface area contributed by atoms with Crippen LogP contribution in [0.4, 0.5) is 0 Å². The van der Waals surface area contributed by atoms with Crippen LogP contribution in [0.25, 0.3) is 11.3 Å². The average Bonchev–Trinajstić information content (AvgIpc) is 3.07. The minimum atomic E-state index is -0.205. The Labute approximate surface area is 158 Å². The van der Waals surface area contributed by atoms with E-state index < -0.39 is 0 Å². The second-order valence-corrected chi connectivity index (χ2v) is 7.08. The molecular weight excluding hydrogens is 336 g/mol. The zero-order valence-corrected chi connectivity index (χ0v) is 15.4. The van der Waals surface area contributed by atoms with Gasteiger partial charge >= 0.3 is 0 Å². The van der Waals surface area contributed by atoms with E-state index in [0.717, 1.165) is 33.6 Å². The van der Waals surface area contributed by atoms with Crippen LogP contribution >= 0.6 is 0 Å². The molecule has 3 aromatic rings. The van der Waals surface area contributed by atoms with Crippen LogP contribution in [0.3, 0.4) is 0 Å². The molecule has 1 aromatic carbocycles. The number of nitrogens with zero attached hydrogens (tertiary/aromatic N) is 1. The average molecular weight is 358 g/mol. The van der Waals surface area contributed by atoms with Crippen LogP contribution in [0.15, 0.2) is 54.9 Å². The van der Waals surface area contributed by atoms with E-state index in [2.05, 4.69) is 22.1 Å². The van der Waals surface area contributed by atoms with Gasteiger partial charge in [-0.3, -0.25) is 14.6 Å². The maximum atomic E-state index is 13.0. The number of pyridine rings is 1. The molecule has 0 aliphatic heterocycles. The molecular formula is C23H22N2O2. The number of aromatic nitrogens is 2. The molecule has 0 amide bonds. The lowest BCUT2D eigenvalue weighted by molar-refractivity contribution is -0.122. The third kappa shape index (κ3) is 3.35. The van der Waals surface area contributed by atoms with Crippen LogP contribution in [-0.2, 0) is 17.6 Å². The van der Waals surface area contributed by atoms with E-state index in [1.54, 1.807) is 12.4 Å². The van der Waals surface area contributed by atoms with Crippen molar-refractivity contribution >= 4 is 11.6 Å². The predicted molar refractivity (Wildman–Crippen MR) is 105 cm³/mol. The molecule has 4 nitrogen and oxygen atoms in total. The summed E-state index contributed by atoms with van der Waals surface area (Å²) in [6.07, 6.45) is 5.60. The zero-order chi connectivity index (χ0) is 18.8. The van der Waals surface area contributed by atoms with Crippen LogP contribution in [0, 0.1) is 5.92 Å². The number of nitrogens with one attached hydrogen (secondary N) is 1. The van der Waals surface area contributed by atoms with E-state index in [0.29, 0.717) is 25.7 Å². The molecule has 2 heterocycles. The Morgan fingerprint density at radius 1 is 1.11 bits per heavy atom. The van der Waals surface area contributed by atoms with Crippen molar-refractivity contribution < 1.29 is 9.59 Å². The van der Waals surface area contributed by atoms with E-state index >= 15 is 0 Å². The first kappa shape index (κ1) is 17.4. The predicted octanol–water partition coefficient (Wildman–Crippen LogP) is 4.39. The Kier molecular flexibility index (Phi) is 4.71. The first-order valence-corrected chi connectivity index (χ1v) is 9.41. The molecule has 4 rings (SSSR count). The van der Waals surface area contributed by atoms with Gasteiger partial charge in [0.1, 0.15) is 5.78 Å². The summed E-state index contributed by atoms with van der Waals surface area (Å²) in [5, 5.41) is 0. The zero-order valence-electron chi connectivity index (χ0n) is 15.4. The van der Waals surface area contributed by atoms with E-state index in [4.69, 9.17) is 0 Å². The molecule has 27 heavy (non-hydrogen) atoms. The highest BCUT2D eigenvalue weighted by atomic mass is 16.1. The molecule has 0 saturated carbocycles. The third-order valence-electron chi connectivity index (χ3n) is 5.34. The number of benzene rings is 1. The third-order valence-corrected chi connectivity index (χ3v) is 5.34. The second-order valence-electron chi connectivity index (χ2n) is 7.08. The lowest BCUT2D eigenvalue weighted by Gasteiger charge is -2.20. The van der Waals surface area contributed by atoms with Gasteiger partial charge in [-0.25, -0.2) is 0 Å². The monoisotopic (exact) mass is 358 g/mol. The van der Waals surface area contributed by atoms with Crippen LogP contribution in [0.1, 0.15) is 46.9 Å². The Morgan fingerprint density at radius 3 is 2.56 bits per heavy atom. The molecule has 0 saturated heterocycles. The highest BCUT2D eigenvalue weighted by Crippen LogP contribution is 2.36. The smallest absolute Gasteiger partial charge is 0.165 e. The minimum absolute atomic E-state index is 0.0746. The van der Waals surface area contributed by atoms with Crippen LogP contribution in [0.5, 0.6) is 0 Å². The first-order valence-electron chi connectivity index (χ1n) is 9.41. The summed E-state index contributed by atoms with van der Waals surface area (Å²) in [5.41, 5.74) is 5.84. The number of Topliss-reactive ketones (excluding diaryl/α,β-unsaturated/α-hetero) is 2. The van der Waals surface area contributed by atoms with Crippen molar-refractivity contribution in [1.29, 1.82) is 0 Å². The Morgan fingerprint density at radius 2 is 1.85 bits per heavy atom. The van der Waals surface area contributed by atoms with Crippen molar-refractivity contribution in [2.75, 3.05) is 0 Å². The number of fused-ring (bicyclic) bond motifs is 1. The molecule has 136 valence electrons. The topological polar surface area (TPSA) is 62.8 Å². The van der Waals surface area contributed by atoms with Gasteiger partial charge in [-0.15, -0.1) is 0 Å². The SMILES string of the molecule is CCC(=O)C1CC(=O)c2c([nH]c(-c3ccncc3)c2Cc2ccccc2)C1. The van der Waals surface area contributed by atoms with Crippen molar-refractivity contribution in [3.8, 4) is 11.3 Å². The van der Waals surface area contributed by atoms with Crippen molar-refractivity contribution in [3.63, 3.8) is 0 Å². The molecule has 0 fully saturated rings. The quantitative estimate of drug-likeness (QED) is 0.736. The molecule has 0 radical (unpaired) electrons. The largest absolute Gasteiger partial charge is 0.358 e. The van der Waals surface area contributed by atoms with Gasteiger partial charge in [0.15, 0.2) is 5.78 Å². The summed E-state index contributed by atoms with van der Waals surface area (Å²) < 4.78 is 0. The van der Waals surface area contributed by atoms with E-state index in [-0.39, 0.29) is 17.5 Å². The number of ketones is 2. The van der Waals surface area contributed by atoms with Crippen LogP contribution in [0.2, 0.25) is 0 Å². The van der Waals surface area contributed by atoms with Crippen molar-refractivity contribution in [2.45, 2.75) is 32.6 Å². The lowest BCUT2D eigenvalue weighted by Crippen LogP contribution is -2.26. The molecule has 1 aliphatic carbocycles. The van der Waals surface area contributed by atoms with Gasteiger partial charge in [-0.05, 0) is 29.7 Å². The number of H-pyrrole nitrogens is 1. The summed E-state index contributed by atoms with van der Waals surface area (Å²) in [5.74, 6) is 0.0349. The molecule has 1 N–H and O–H groups in total. The van der Waals surface area contributed by atoms with Crippen molar-refractivity contribution in [1.82, 2.24) is 9.97 Å². The van der Waals surface area contributed by atoms with Crippen molar-refractivity contribution in [3.05, 3.63) is 77.2 Å². The van der Waals surface area contributed by atoms with Gasteiger partial charge < -0.3 is 4.98 Å².